The summed E-state index contributed by atoms with van der Waals surface area (Å²) in [5, 5.41) is 18.5. The smallest absolute Gasteiger partial charge is 0.245 e. The van der Waals surface area contributed by atoms with E-state index in [1.807, 2.05) is 13.0 Å². The van der Waals surface area contributed by atoms with Crippen LogP contribution >= 0.6 is 0 Å². The summed E-state index contributed by atoms with van der Waals surface area (Å²) in [6, 6.07) is 1.98. The average molecular weight is 335 g/mol. The number of nitriles is 1. The van der Waals surface area contributed by atoms with E-state index in [1.54, 1.807) is 6.92 Å². The van der Waals surface area contributed by atoms with Crippen LogP contribution in [0.25, 0.3) is 11.2 Å². The Morgan fingerprint density at radius 2 is 2.29 bits per heavy atom. The molecule has 0 spiro atoms. The molecule has 8 nitrogen and oxygen atoms in total. The van der Waals surface area contributed by atoms with Crippen LogP contribution in [-0.4, -0.2) is 49.6 Å². The van der Waals surface area contributed by atoms with E-state index in [-0.39, 0.29) is 18.9 Å². The van der Waals surface area contributed by atoms with Gasteiger partial charge in [0.05, 0.1) is 24.9 Å². The predicted molar refractivity (Wildman–Crippen MR) is 80.9 cm³/mol. The summed E-state index contributed by atoms with van der Waals surface area (Å²) in [5.41, 5.74) is 0.731. The van der Waals surface area contributed by atoms with Gasteiger partial charge in [0.2, 0.25) is 5.88 Å². The molecule has 3 rings (SSSR count). The molecule has 24 heavy (non-hydrogen) atoms. The zero-order chi connectivity index (χ0) is 17.3. The van der Waals surface area contributed by atoms with Crippen molar-refractivity contribution >= 4 is 11.2 Å². The summed E-state index contributed by atoms with van der Waals surface area (Å²) in [7, 11) is 0. The van der Waals surface area contributed by atoms with Crippen LogP contribution in [0.4, 0.5) is 4.39 Å². The van der Waals surface area contributed by atoms with Crippen LogP contribution in [0.1, 0.15) is 31.8 Å². The Morgan fingerprint density at radius 1 is 1.50 bits per heavy atom. The van der Waals surface area contributed by atoms with Crippen molar-refractivity contribution in [2.45, 2.75) is 51.3 Å². The highest BCUT2D eigenvalue weighted by Crippen LogP contribution is 2.35. The molecule has 0 amide bonds. The lowest BCUT2D eigenvalue weighted by atomic mass is 10.1. The normalized spacial score (nSPS) is 26.6. The number of halogens is 1. The molecular weight excluding hydrogens is 317 g/mol. The largest absolute Gasteiger partial charge is 0.475 e. The molecule has 1 aliphatic heterocycles. The van der Waals surface area contributed by atoms with Crippen molar-refractivity contribution in [1.29, 1.82) is 5.26 Å². The van der Waals surface area contributed by atoms with E-state index in [2.05, 4.69) is 15.0 Å². The van der Waals surface area contributed by atoms with Crippen molar-refractivity contribution in [1.82, 2.24) is 19.5 Å². The van der Waals surface area contributed by atoms with Gasteiger partial charge in [-0.3, -0.25) is 4.57 Å². The maximum Gasteiger partial charge on any atom is 0.245 e. The number of imidazole rings is 1. The lowest BCUT2D eigenvalue weighted by molar-refractivity contribution is -0.0238. The summed E-state index contributed by atoms with van der Waals surface area (Å²) in [6.07, 6.45) is -2.22. The summed E-state index contributed by atoms with van der Waals surface area (Å²) in [6.45, 7) is 3.68. The monoisotopic (exact) mass is 335 g/mol. The molecule has 1 N–H and O–H groups in total. The third-order valence-electron chi connectivity index (χ3n) is 3.92. The first-order valence-corrected chi connectivity index (χ1v) is 7.75. The zero-order valence-electron chi connectivity index (χ0n) is 13.4. The van der Waals surface area contributed by atoms with E-state index in [0.29, 0.717) is 23.4 Å². The first-order valence-electron chi connectivity index (χ1n) is 7.75. The number of aryl methyl sites for hydroxylation is 1. The van der Waals surface area contributed by atoms with Gasteiger partial charge in [0.1, 0.15) is 18.5 Å². The second-order valence-corrected chi connectivity index (χ2v) is 5.56. The molecular formula is C15H18FN5O3. The molecule has 3 heterocycles. The highest BCUT2D eigenvalue weighted by molar-refractivity contribution is 5.76. The highest BCUT2D eigenvalue weighted by Gasteiger charge is 2.44. The molecule has 0 aromatic carbocycles. The number of ether oxygens (including phenoxy) is 2. The summed E-state index contributed by atoms with van der Waals surface area (Å²) < 4.78 is 27.0. The zero-order valence-corrected chi connectivity index (χ0v) is 13.4. The predicted octanol–water partition coefficient (Wildman–Crippen LogP) is 1.43. The van der Waals surface area contributed by atoms with Crippen molar-refractivity contribution in [2.24, 2.45) is 0 Å². The molecule has 0 radical (unpaired) electrons. The van der Waals surface area contributed by atoms with Gasteiger partial charge in [-0.2, -0.15) is 10.2 Å². The lowest BCUT2D eigenvalue weighted by Gasteiger charge is -2.15. The lowest BCUT2D eigenvalue weighted by Crippen LogP contribution is -2.27. The quantitative estimate of drug-likeness (QED) is 0.824. The third kappa shape index (κ3) is 2.79. The summed E-state index contributed by atoms with van der Waals surface area (Å²) in [4.78, 5) is 12.7. The van der Waals surface area contributed by atoms with Crippen LogP contribution in [0.3, 0.4) is 0 Å². The summed E-state index contributed by atoms with van der Waals surface area (Å²) in [5.74, 6) is 0.671. The number of aromatic nitrogens is 4. The van der Waals surface area contributed by atoms with E-state index >= 15 is 0 Å². The number of rotatable bonds is 5. The van der Waals surface area contributed by atoms with Crippen LogP contribution in [0, 0.1) is 18.3 Å². The number of aliphatic hydroxyl groups is 1. The van der Waals surface area contributed by atoms with E-state index < -0.39 is 24.6 Å². The molecule has 0 bridgehead atoms. The third-order valence-corrected chi connectivity index (χ3v) is 3.92. The SMILES string of the molecule is CC[C@H]1O[C@@H](n2cnc3c(OCCC#N)nc(C)nc32)[C@@H](F)C1O. The van der Waals surface area contributed by atoms with E-state index in [9.17, 15) is 9.50 Å². The first-order chi connectivity index (χ1) is 11.6. The molecule has 0 aliphatic carbocycles. The molecule has 9 heteroatoms. The fourth-order valence-corrected chi connectivity index (χ4v) is 2.74. The van der Waals surface area contributed by atoms with Gasteiger partial charge >= 0.3 is 0 Å². The number of hydrogen-bond donors (Lipinski definition) is 1. The first kappa shape index (κ1) is 16.5. The molecule has 1 aliphatic rings. The topological polar surface area (TPSA) is 106 Å². The van der Waals surface area contributed by atoms with E-state index in [1.165, 1.54) is 10.9 Å². The molecule has 128 valence electrons. The fraction of sp³-hybridized carbons (Fsp3) is 0.600. The van der Waals surface area contributed by atoms with Gasteiger partial charge < -0.3 is 14.6 Å². The van der Waals surface area contributed by atoms with Gasteiger partial charge in [-0.05, 0) is 13.3 Å². The molecule has 2 aromatic heterocycles. The second kappa shape index (κ2) is 6.67. The summed E-state index contributed by atoms with van der Waals surface area (Å²) >= 11 is 0. The molecule has 4 atom stereocenters. The van der Waals surface area contributed by atoms with Gasteiger partial charge in [-0.1, -0.05) is 6.92 Å². The Hall–Kier alpha value is -2.31. The Bertz CT molecular complexity index is 774. The minimum atomic E-state index is -1.58. The standard InChI is InChI=1S/C15H18FN5O3/c1-3-9-12(22)10(16)15(24-9)21-7-18-11-13(21)19-8(2)20-14(11)23-6-4-5-17/h7,9-10,12,15,22H,3-4,6H2,1-2H3/t9-,10+,12?,15-/m1/s1. The van der Waals surface area contributed by atoms with Crippen LogP contribution in [0.5, 0.6) is 5.88 Å². The van der Waals surface area contributed by atoms with Crippen molar-refractivity contribution in [3.8, 4) is 11.9 Å². The maximum absolute atomic E-state index is 14.4. The molecule has 2 aromatic rings. The average Bonchev–Trinajstić information content (AvgIpc) is 3.10. The van der Waals surface area contributed by atoms with Crippen LogP contribution in [0.15, 0.2) is 6.33 Å². The molecule has 0 saturated carbocycles. The van der Waals surface area contributed by atoms with E-state index in [4.69, 9.17) is 14.7 Å². The van der Waals surface area contributed by atoms with Crippen molar-refractivity contribution in [3.63, 3.8) is 0 Å². The van der Waals surface area contributed by atoms with Gasteiger partial charge in [0.25, 0.3) is 0 Å². The molecule has 1 unspecified atom stereocenters. The van der Waals surface area contributed by atoms with Crippen molar-refractivity contribution < 1.29 is 19.0 Å². The number of alkyl halides is 1. The van der Waals surface area contributed by atoms with Gasteiger partial charge in [-0.15, -0.1) is 0 Å². The maximum atomic E-state index is 14.4. The Balaban J connectivity index is 1.97. The highest BCUT2D eigenvalue weighted by atomic mass is 19.1. The minimum Gasteiger partial charge on any atom is -0.475 e. The van der Waals surface area contributed by atoms with Crippen molar-refractivity contribution in [2.75, 3.05) is 6.61 Å². The van der Waals surface area contributed by atoms with Gasteiger partial charge in [0.15, 0.2) is 23.6 Å². The van der Waals surface area contributed by atoms with Crippen LogP contribution < -0.4 is 4.74 Å². The van der Waals surface area contributed by atoms with E-state index in [0.717, 1.165) is 0 Å². The minimum absolute atomic E-state index is 0.178. The van der Waals surface area contributed by atoms with Gasteiger partial charge in [-0.25, -0.2) is 14.4 Å². The number of aliphatic hydroxyl groups excluding tert-OH is 1. The molecule has 1 fully saturated rings. The van der Waals surface area contributed by atoms with Crippen molar-refractivity contribution in [3.05, 3.63) is 12.2 Å². The van der Waals surface area contributed by atoms with Crippen LogP contribution in [-0.2, 0) is 4.74 Å². The second-order valence-electron chi connectivity index (χ2n) is 5.56. The Morgan fingerprint density at radius 3 is 2.96 bits per heavy atom. The number of hydrogen-bond acceptors (Lipinski definition) is 7. The number of nitrogens with zero attached hydrogens (tertiary/aromatic N) is 5. The van der Waals surface area contributed by atoms with Crippen LogP contribution in [0.2, 0.25) is 0 Å². The van der Waals surface area contributed by atoms with Gasteiger partial charge in [0, 0.05) is 0 Å². The Kier molecular flexibility index (Phi) is 4.59. The Labute approximate surface area is 137 Å². The fourth-order valence-electron chi connectivity index (χ4n) is 2.74. The number of fused-ring (bicyclic) bond motifs is 1. The molecule has 1 saturated heterocycles.